The molecule has 0 aliphatic carbocycles. The molecule has 0 aliphatic rings. The van der Waals surface area contributed by atoms with Crippen LogP contribution >= 0.6 is 0 Å². The Morgan fingerprint density at radius 2 is 1.21 bits per heavy atom. The molecule has 0 saturated heterocycles. The molecule has 0 amide bonds. The van der Waals surface area contributed by atoms with Crippen LogP contribution in [0.25, 0.3) is 0 Å². The predicted octanol–water partition coefficient (Wildman–Crippen LogP) is 5.20. The van der Waals surface area contributed by atoms with Crippen molar-refractivity contribution in [2.45, 2.75) is 67.2 Å². The molecule has 0 unspecified atom stereocenters. The van der Waals surface area contributed by atoms with Crippen molar-refractivity contribution in [3.05, 3.63) is 12.2 Å². The van der Waals surface area contributed by atoms with Crippen LogP contribution in [0.15, 0.2) is 12.2 Å². The van der Waals surface area contributed by atoms with Crippen molar-refractivity contribution in [2.24, 2.45) is 10.8 Å². The van der Waals surface area contributed by atoms with E-state index in [1.807, 2.05) is 0 Å². The number of allylic oxidation sites excluding steroid dienone is 2. The molecule has 0 aromatic carbocycles. The first-order valence-electron chi connectivity index (χ1n) is 5.98. The predicted molar refractivity (Wildman–Crippen MR) is 66.5 cm³/mol. The minimum absolute atomic E-state index is 0.436. The van der Waals surface area contributed by atoms with E-state index in [1.54, 1.807) is 0 Å². The van der Waals surface area contributed by atoms with Crippen molar-refractivity contribution in [1.82, 2.24) is 0 Å². The molecule has 0 bridgehead atoms. The van der Waals surface area contributed by atoms with Gasteiger partial charge in [0.05, 0.1) is 0 Å². The van der Waals surface area contributed by atoms with Crippen molar-refractivity contribution in [3.63, 3.8) is 0 Å². The van der Waals surface area contributed by atoms with Gasteiger partial charge in [-0.15, -0.1) is 0 Å². The molecule has 0 saturated carbocycles. The van der Waals surface area contributed by atoms with E-state index in [1.165, 1.54) is 25.7 Å². The van der Waals surface area contributed by atoms with Crippen molar-refractivity contribution < 1.29 is 0 Å². The lowest BCUT2D eigenvalue weighted by atomic mass is 9.81. The molecular weight excluding hydrogens is 168 g/mol. The van der Waals surface area contributed by atoms with Gasteiger partial charge in [0.25, 0.3) is 0 Å². The molecular formula is C14H28. The first-order valence-corrected chi connectivity index (χ1v) is 5.98. The van der Waals surface area contributed by atoms with Gasteiger partial charge in [0.1, 0.15) is 0 Å². The van der Waals surface area contributed by atoms with Gasteiger partial charge in [-0.2, -0.15) is 0 Å². The van der Waals surface area contributed by atoms with Crippen LogP contribution in [0.2, 0.25) is 0 Å². The van der Waals surface area contributed by atoms with Gasteiger partial charge in [-0.25, -0.2) is 0 Å². The molecule has 14 heavy (non-hydrogen) atoms. The smallest absolute Gasteiger partial charge is 0.0297 e. The van der Waals surface area contributed by atoms with E-state index in [0.717, 1.165) is 0 Å². The summed E-state index contributed by atoms with van der Waals surface area (Å²) in [7, 11) is 0. The van der Waals surface area contributed by atoms with Crippen molar-refractivity contribution in [1.29, 1.82) is 0 Å². The topological polar surface area (TPSA) is 0 Å². The molecule has 0 heterocycles. The van der Waals surface area contributed by atoms with Crippen LogP contribution in [0.4, 0.5) is 0 Å². The highest BCUT2D eigenvalue weighted by atomic mass is 14.2. The molecule has 0 aliphatic heterocycles. The molecule has 0 fully saturated rings. The lowest BCUT2D eigenvalue weighted by Gasteiger charge is -2.25. The van der Waals surface area contributed by atoms with E-state index in [4.69, 9.17) is 0 Å². The summed E-state index contributed by atoms with van der Waals surface area (Å²) in [6.07, 6.45) is 9.71. The average molecular weight is 196 g/mol. The Bertz CT molecular complexity index is 165. The lowest BCUT2D eigenvalue weighted by Crippen LogP contribution is -2.12. The van der Waals surface area contributed by atoms with Gasteiger partial charge in [-0.1, -0.05) is 66.5 Å². The Morgan fingerprint density at radius 1 is 0.786 bits per heavy atom. The summed E-state index contributed by atoms with van der Waals surface area (Å²) in [6.45, 7) is 13.8. The minimum atomic E-state index is 0.436. The van der Waals surface area contributed by atoms with Gasteiger partial charge < -0.3 is 0 Å². The van der Waals surface area contributed by atoms with E-state index >= 15 is 0 Å². The number of hydrogen-bond donors (Lipinski definition) is 0. The Morgan fingerprint density at radius 3 is 1.57 bits per heavy atom. The van der Waals surface area contributed by atoms with Crippen LogP contribution in [-0.4, -0.2) is 0 Å². The summed E-state index contributed by atoms with van der Waals surface area (Å²) in [5, 5.41) is 0. The van der Waals surface area contributed by atoms with Gasteiger partial charge in [0.15, 0.2) is 0 Å². The Labute approximate surface area is 90.8 Å². The standard InChI is InChI=1S/C14H28/c1-7-14(6,8-2)12-10-9-11-13(3,4)5/h9-10H,7-8,11-12H2,1-6H3. The van der Waals surface area contributed by atoms with Gasteiger partial charge in [0.2, 0.25) is 0 Å². The summed E-state index contributed by atoms with van der Waals surface area (Å²) in [4.78, 5) is 0. The van der Waals surface area contributed by atoms with Crippen LogP contribution < -0.4 is 0 Å². The van der Waals surface area contributed by atoms with Gasteiger partial charge >= 0.3 is 0 Å². The van der Waals surface area contributed by atoms with Crippen LogP contribution in [0.5, 0.6) is 0 Å². The van der Waals surface area contributed by atoms with Crippen LogP contribution in [0.3, 0.4) is 0 Å². The van der Waals surface area contributed by atoms with Crippen molar-refractivity contribution >= 4 is 0 Å². The second-order valence-corrected chi connectivity index (χ2v) is 5.96. The Kier molecular flexibility index (Phi) is 5.48. The Balaban J connectivity index is 3.92. The van der Waals surface area contributed by atoms with E-state index < -0.39 is 0 Å². The zero-order valence-electron chi connectivity index (χ0n) is 11.0. The van der Waals surface area contributed by atoms with E-state index in [-0.39, 0.29) is 0 Å². The molecule has 0 N–H and O–H groups in total. The lowest BCUT2D eigenvalue weighted by molar-refractivity contribution is 0.301. The maximum atomic E-state index is 2.38. The number of hydrogen-bond acceptors (Lipinski definition) is 0. The molecule has 0 spiro atoms. The molecule has 0 heteroatoms. The van der Waals surface area contributed by atoms with E-state index in [9.17, 15) is 0 Å². The van der Waals surface area contributed by atoms with E-state index in [0.29, 0.717) is 10.8 Å². The molecule has 0 rings (SSSR count). The fourth-order valence-corrected chi connectivity index (χ4v) is 1.34. The van der Waals surface area contributed by atoms with Crippen LogP contribution in [0.1, 0.15) is 67.2 Å². The average Bonchev–Trinajstić information content (AvgIpc) is 2.11. The molecule has 0 atom stereocenters. The summed E-state index contributed by atoms with van der Waals surface area (Å²) in [6, 6.07) is 0. The van der Waals surface area contributed by atoms with Crippen molar-refractivity contribution in [2.75, 3.05) is 0 Å². The van der Waals surface area contributed by atoms with Crippen LogP contribution in [-0.2, 0) is 0 Å². The van der Waals surface area contributed by atoms with Gasteiger partial charge in [-0.3, -0.25) is 0 Å². The SMILES string of the molecule is CCC(C)(CC)CC=CCC(C)(C)C. The maximum Gasteiger partial charge on any atom is -0.0297 e. The van der Waals surface area contributed by atoms with Crippen molar-refractivity contribution in [3.8, 4) is 0 Å². The minimum Gasteiger partial charge on any atom is -0.0880 e. The first-order chi connectivity index (χ1) is 6.33. The fourth-order valence-electron chi connectivity index (χ4n) is 1.34. The second kappa shape index (κ2) is 5.58. The molecule has 84 valence electrons. The quantitative estimate of drug-likeness (QED) is 0.530. The fraction of sp³-hybridized carbons (Fsp3) is 0.857. The Hall–Kier alpha value is -0.260. The monoisotopic (exact) mass is 196 g/mol. The summed E-state index contributed by atoms with van der Waals surface area (Å²) in [5.74, 6) is 0. The summed E-state index contributed by atoms with van der Waals surface area (Å²) in [5.41, 5.74) is 0.958. The first kappa shape index (κ1) is 13.7. The summed E-state index contributed by atoms with van der Waals surface area (Å²) < 4.78 is 0. The zero-order valence-corrected chi connectivity index (χ0v) is 11.0. The summed E-state index contributed by atoms with van der Waals surface area (Å²) >= 11 is 0. The van der Waals surface area contributed by atoms with Crippen LogP contribution in [0, 0.1) is 10.8 Å². The molecule has 0 nitrogen and oxygen atoms in total. The maximum absolute atomic E-state index is 2.38. The van der Waals surface area contributed by atoms with E-state index in [2.05, 4.69) is 53.7 Å². The van der Waals surface area contributed by atoms with Gasteiger partial charge in [0, 0.05) is 0 Å². The highest BCUT2D eigenvalue weighted by Gasteiger charge is 2.17. The number of rotatable bonds is 5. The molecule has 0 radical (unpaired) electrons. The van der Waals surface area contributed by atoms with Gasteiger partial charge in [-0.05, 0) is 23.7 Å². The third-order valence-corrected chi connectivity index (χ3v) is 3.21. The zero-order chi connectivity index (χ0) is 11.2. The largest absolute Gasteiger partial charge is 0.0880 e. The highest BCUT2D eigenvalue weighted by molar-refractivity contribution is 4.90. The molecule has 0 aromatic rings. The highest BCUT2D eigenvalue weighted by Crippen LogP contribution is 2.30. The third-order valence-electron chi connectivity index (χ3n) is 3.21. The second-order valence-electron chi connectivity index (χ2n) is 5.96. The molecule has 0 aromatic heterocycles. The normalized spacial score (nSPS) is 13.9. The third kappa shape index (κ3) is 6.23.